The van der Waals surface area contributed by atoms with Gasteiger partial charge in [0.2, 0.25) is 0 Å². The van der Waals surface area contributed by atoms with Gasteiger partial charge in [-0.3, -0.25) is 0 Å². The standard InChI is InChI=1S/C21H28O10/c1-11-7-13(3-5-14(11)24)4-6-17(25)30-16(12(2)8-22)10-29-21-20(28)19(27)18(26)15(9-23)31-21/h3-7,15-16,18-24,26-28H,2,8-10H2,1H3/b6-4+/t15?,16?,18-,19-,20?,21+/m0/s1. The van der Waals surface area contributed by atoms with E-state index in [0.29, 0.717) is 11.1 Å². The van der Waals surface area contributed by atoms with Crippen LogP contribution in [0, 0.1) is 6.92 Å². The molecule has 0 radical (unpaired) electrons. The molecule has 3 unspecified atom stereocenters. The molecule has 0 aliphatic carbocycles. The number of aromatic hydroxyl groups is 1. The van der Waals surface area contributed by atoms with Crippen LogP contribution < -0.4 is 0 Å². The zero-order chi connectivity index (χ0) is 23.1. The number of ether oxygens (including phenoxy) is 3. The topological polar surface area (TPSA) is 166 Å². The molecule has 1 aromatic rings. The van der Waals surface area contributed by atoms with E-state index in [1.807, 2.05) is 0 Å². The van der Waals surface area contributed by atoms with E-state index in [0.717, 1.165) is 6.08 Å². The number of hydrogen-bond donors (Lipinski definition) is 6. The minimum atomic E-state index is -1.62. The van der Waals surface area contributed by atoms with Crippen LogP contribution in [0.3, 0.4) is 0 Å². The number of carbonyl (C=O) groups is 1. The largest absolute Gasteiger partial charge is 0.508 e. The van der Waals surface area contributed by atoms with E-state index < -0.39 is 56.0 Å². The highest BCUT2D eigenvalue weighted by Crippen LogP contribution is 2.23. The van der Waals surface area contributed by atoms with Gasteiger partial charge in [0.25, 0.3) is 0 Å². The van der Waals surface area contributed by atoms with Crippen molar-refractivity contribution in [2.75, 3.05) is 19.8 Å². The maximum absolute atomic E-state index is 12.2. The zero-order valence-electron chi connectivity index (χ0n) is 17.0. The van der Waals surface area contributed by atoms with Crippen LogP contribution >= 0.6 is 0 Å². The van der Waals surface area contributed by atoms with Gasteiger partial charge in [0, 0.05) is 6.08 Å². The summed E-state index contributed by atoms with van der Waals surface area (Å²) in [4.78, 5) is 12.2. The number of aryl methyl sites for hydroxylation is 1. The van der Waals surface area contributed by atoms with Gasteiger partial charge in [-0.1, -0.05) is 12.6 Å². The van der Waals surface area contributed by atoms with Crippen molar-refractivity contribution in [3.8, 4) is 5.75 Å². The molecule has 1 aromatic carbocycles. The van der Waals surface area contributed by atoms with Crippen LogP contribution in [0.1, 0.15) is 11.1 Å². The Bertz CT molecular complexity index is 790. The Morgan fingerprint density at radius 1 is 1.23 bits per heavy atom. The Morgan fingerprint density at radius 2 is 1.94 bits per heavy atom. The summed E-state index contributed by atoms with van der Waals surface area (Å²) >= 11 is 0. The Morgan fingerprint density at radius 3 is 2.55 bits per heavy atom. The molecule has 0 saturated carbocycles. The van der Waals surface area contributed by atoms with E-state index >= 15 is 0 Å². The summed E-state index contributed by atoms with van der Waals surface area (Å²) < 4.78 is 15.8. The summed E-state index contributed by atoms with van der Waals surface area (Å²) in [6, 6.07) is 4.77. The molecule has 0 amide bonds. The number of esters is 1. The predicted octanol–water partition coefficient (Wildman–Crippen LogP) is -1.01. The minimum absolute atomic E-state index is 0.117. The second kappa shape index (κ2) is 11.3. The molecule has 6 atom stereocenters. The van der Waals surface area contributed by atoms with Gasteiger partial charge in [-0.25, -0.2) is 4.79 Å². The fraction of sp³-hybridized carbons (Fsp3) is 0.476. The molecule has 1 aliphatic heterocycles. The molecule has 0 aromatic heterocycles. The monoisotopic (exact) mass is 440 g/mol. The Kier molecular flexibility index (Phi) is 9.14. The van der Waals surface area contributed by atoms with E-state index in [2.05, 4.69) is 6.58 Å². The van der Waals surface area contributed by atoms with Crippen molar-refractivity contribution in [2.45, 2.75) is 43.7 Å². The third-order valence-corrected chi connectivity index (χ3v) is 4.81. The van der Waals surface area contributed by atoms with Gasteiger partial charge in [-0.15, -0.1) is 0 Å². The number of phenolic OH excluding ortho intramolecular Hbond substituents is 1. The number of carbonyl (C=O) groups excluding carboxylic acids is 1. The van der Waals surface area contributed by atoms with Crippen LogP contribution in [0.5, 0.6) is 5.75 Å². The second-order valence-corrected chi connectivity index (χ2v) is 7.15. The summed E-state index contributed by atoms with van der Waals surface area (Å²) in [5, 5.41) is 57.7. The maximum Gasteiger partial charge on any atom is 0.331 e. The first kappa shape index (κ1) is 25.0. The van der Waals surface area contributed by atoms with Crippen molar-refractivity contribution in [1.29, 1.82) is 0 Å². The van der Waals surface area contributed by atoms with Gasteiger partial charge in [0.05, 0.1) is 19.8 Å². The molecule has 31 heavy (non-hydrogen) atoms. The molecule has 10 heteroatoms. The third kappa shape index (κ3) is 6.58. The lowest BCUT2D eigenvalue weighted by Gasteiger charge is -2.39. The molecule has 0 bridgehead atoms. The lowest BCUT2D eigenvalue weighted by Crippen LogP contribution is -2.59. The van der Waals surface area contributed by atoms with Gasteiger partial charge in [0.15, 0.2) is 6.29 Å². The first-order valence-corrected chi connectivity index (χ1v) is 9.56. The number of phenols is 1. The summed E-state index contributed by atoms with van der Waals surface area (Å²) in [7, 11) is 0. The number of benzene rings is 1. The number of hydrogen-bond acceptors (Lipinski definition) is 10. The fourth-order valence-electron chi connectivity index (χ4n) is 2.85. The minimum Gasteiger partial charge on any atom is -0.508 e. The summed E-state index contributed by atoms with van der Waals surface area (Å²) in [6.07, 6.45) is -5.81. The maximum atomic E-state index is 12.2. The molecule has 2 rings (SSSR count). The average Bonchev–Trinajstić information content (AvgIpc) is 2.76. The Hall–Kier alpha value is -2.31. The van der Waals surface area contributed by atoms with E-state index in [1.165, 1.54) is 12.1 Å². The molecule has 172 valence electrons. The van der Waals surface area contributed by atoms with Crippen LogP contribution in [0.15, 0.2) is 36.4 Å². The highest BCUT2D eigenvalue weighted by Gasteiger charge is 2.44. The predicted molar refractivity (Wildman–Crippen MR) is 108 cm³/mol. The second-order valence-electron chi connectivity index (χ2n) is 7.15. The Labute approximate surface area is 179 Å². The molecule has 0 spiro atoms. The molecule has 6 N–H and O–H groups in total. The van der Waals surface area contributed by atoms with E-state index in [-0.39, 0.29) is 17.9 Å². The molecule has 1 heterocycles. The molecule has 10 nitrogen and oxygen atoms in total. The molecule has 1 saturated heterocycles. The zero-order valence-corrected chi connectivity index (χ0v) is 17.0. The highest BCUT2D eigenvalue weighted by atomic mass is 16.7. The van der Waals surface area contributed by atoms with E-state index in [1.54, 1.807) is 19.1 Å². The van der Waals surface area contributed by atoms with Crippen LogP contribution in [0.4, 0.5) is 0 Å². The smallest absolute Gasteiger partial charge is 0.331 e. The van der Waals surface area contributed by atoms with Crippen molar-refractivity contribution in [2.24, 2.45) is 0 Å². The van der Waals surface area contributed by atoms with Gasteiger partial charge < -0.3 is 44.8 Å². The van der Waals surface area contributed by atoms with Crippen molar-refractivity contribution in [3.05, 3.63) is 47.6 Å². The first-order valence-electron chi connectivity index (χ1n) is 9.56. The van der Waals surface area contributed by atoms with E-state index in [4.69, 9.17) is 14.2 Å². The van der Waals surface area contributed by atoms with Crippen molar-refractivity contribution in [1.82, 2.24) is 0 Å². The fourth-order valence-corrected chi connectivity index (χ4v) is 2.85. The van der Waals surface area contributed by atoms with Gasteiger partial charge >= 0.3 is 5.97 Å². The summed E-state index contributed by atoms with van der Waals surface area (Å²) in [5.41, 5.74) is 1.41. The third-order valence-electron chi connectivity index (χ3n) is 4.81. The van der Waals surface area contributed by atoms with Gasteiger partial charge in [0.1, 0.15) is 36.3 Å². The van der Waals surface area contributed by atoms with Crippen LogP contribution in [0.2, 0.25) is 0 Å². The van der Waals surface area contributed by atoms with Crippen LogP contribution in [0.25, 0.3) is 6.08 Å². The quantitative estimate of drug-likeness (QED) is 0.159. The number of aliphatic hydroxyl groups is 5. The van der Waals surface area contributed by atoms with Crippen LogP contribution in [-0.4, -0.2) is 93.2 Å². The van der Waals surface area contributed by atoms with Crippen molar-refractivity contribution < 1.29 is 49.6 Å². The number of rotatable bonds is 9. The van der Waals surface area contributed by atoms with E-state index in [9.17, 15) is 35.4 Å². The first-order chi connectivity index (χ1) is 14.7. The van der Waals surface area contributed by atoms with Crippen molar-refractivity contribution >= 4 is 12.0 Å². The molecule has 1 fully saturated rings. The molecular weight excluding hydrogens is 412 g/mol. The van der Waals surface area contributed by atoms with Gasteiger partial charge in [-0.05, 0) is 41.8 Å². The molecular formula is C21H28O10. The average molecular weight is 440 g/mol. The number of aliphatic hydroxyl groups excluding tert-OH is 5. The van der Waals surface area contributed by atoms with Crippen LogP contribution in [-0.2, 0) is 19.0 Å². The Balaban J connectivity index is 2.00. The van der Waals surface area contributed by atoms with Crippen molar-refractivity contribution in [3.63, 3.8) is 0 Å². The van der Waals surface area contributed by atoms with Gasteiger partial charge in [-0.2, -0.15) is 0 Å². The lowest BCUT2D eigenvalue weighted by atomic mass is 9.99. The summed E-state index contributed by atoms with van der Waals surface area (Å²) in [5.74, 6) is -0.632. The normalized spacial score (nSPS) is 27.2. The molecule has 1 aliphatic rings. The highest BCUT2D eigenvalue weighted by molar-refractivity contribution is 5.87. The summed E-state index contributed by atoms with van der Waals surface area (Å²) in [6.45, 7) is 3.83. The SMILES string of the molecule is C=C(CO)C(CO[C@@H]1OC(CO)[C@H](O)[C@H](O)C1O)OC(=O)/C=C/c1ccc(O)c(C)c1. The lowest BCUT2D eigenvalue weighted by molar-refractivity contribution is -0.304.